The van der Waals surface area contributed by atoms with Crippen molar-refractivity contribution in [3.05, 3.63) is 65.5 Å². The van der Waals surface area contributed by atoms with E-state index < -0.39 is 0 Å². The van der Waals surface area contributed by atoms with Crippen molar-refractivity contribution >= 4 is 17.5 Å². The summed E-state index contributed by atoms with van der Waals surface area (Å²) in [6.45, 7) is 5.87. The SMILES string of the molecule is COc1cccc(C2=NN(C(=O)CN(C)C(=O)CC(C)(C)C)[C@H](c3ccc(F)cc3)C2)c1. The highest BCUT2D eigenvalue weighted by atomic mass is 19.1. The van der Waals surface area contributed by atoms with Crippen molar-refractivity contribution in [1.29, 1.82) is 0 Å². The van der Waals surface area contributed by atoms with Gasteiger partial charge in [0.2, 0.25) is 5.91 Å². The second-order valence-electron chi connectivity index (χ2n) is 9.28. The molecule has 6 nitrogen and oxygen atoms in total. The molecule has 2 aromatic carbocycles. The lowest BCUT2D eigenvalue weighted by Crippen LogP contribution is -2.40. The number of carbonyl (C=O) groups excluding carboxylic acids is 2. The van der Waals surface area contributed by atoms with Crippen LogP contribution in [0.4, 0.5) is 4.39 Å². The van der Waals surface area contributed by atoms with E-state index >= 15 is 0 Å². The van der Waals surface area contributed by atoms with Gasteiger partial charge in [-0.3, -0.25) is 9.59 Å². The molecule has 2 amide bonds. The molecule has 1 aliphatic heterocycles. The average molecular weight is 440 g/mol. The van der Waals surface area contributed by atoms with E-state index in [1.165, 1.54) is 22.0 Å². The molecule has 170 valence electrons. The van der Waals surface area contributed by atoms with Gasteiger partial charge in [-0.15, -0.1) is 0 Å². The number of hydrogen-bond acceptors (Lipinski definition) is 4. The maximum Gasteiger partial charge on any atom is 0.262 e. The third-order valence-electron chi connectivity index (χ3n) is 5.30. The number of halogens is 1. The molecule has 1 heterocycles. The molecule has 32 heavy (non-hydrogen) atoms. The molecule has 0 aliphatic carbocycles. The lowest BCUT2D eigenvalue weighted by molar-refractivity contribution is -0.141. The number of benzene rings is 2. The van der Waals surface area contributed by atoms with Crippen molar-refractivity contribution in [3.63, 3.8) is 0 Å². The summed E-state index contributed by atoms with van der Waals surface area (Å²) in [5.41, 5.74) is 2.19. The summed E-state index contributed by atoms with van der Waals surface area (Å²) in [6.07, 6.45) is 0.820. The van der Waals surface area contributed by atoms with Crippen molar-refractivity contribution in [2.45, 2.75) is 39.7 Å². The molecule has 1 aliphatic rings. The lowest BCUT2D eigenvalue weighted by atomic mass is 9.92. The Labute approximate surface area is 188 Å². The Morgan fingerprint density at radius 2 is 1.88 bits per heavy atom. The third-order valence-corrected chi connectivity index (χ3v) is 5.30. The van der Waals surface area contributed by atoms with Crippen LogP contribution in [0.25, 0.3) is 0 Å². The van der Waals surface area contributed by atoms with Crippen LogP contribution in [-0.2, 0) is 9.59 Å². The minimum Gasteiger partial charge on any atom is -0.497 e. The molecule has 0 saturated carbocycles. The summed E-state index contributed by atoms with van der Waals surface area (Å²) in [5.74, 6) is -0.0331. The van der Waals surface area contributed by atoms with E-state index in [-0.39, 0.29) is 35.6 Å². The zero-order valence-corrected chi connectivity index (χ0v) is 19.3. The van der Waals surface area contributed by atoms with Gasteiger partial charge in [0.25, 0.3) is 5.91 Å². The van der Waals surface area contributed by atoms with E-state index in [1.807, 2.05) is 45.0 Å². The van der Waals surface area contributed by atoms with Crippen molar-refractivity contribution in [1.82, 2.24) is 9.91 Å². The summed E-state index contributed by atoms with van der Waals surface area (Å²) in [4.78, 5) is 27.2. The summed E-state index contributed by atoms with van der Waals surface area (Å²) >= 11 is 0. The first-order chi connectivity index (χ1) is 15.1. The van der Waals surface area contributed by atoms with Crippen LogP contribution < -0.4 is 4.74 Å². The first kappa shape index (κ1) is 23.4. The van der Waals surface area contributed by atoms with E-state index in [9.17, 15) is 14.0 Å². The van der Waals surface area contributed by atoms with Gasteiger partial charge in [-0.05, 0) is 35.2 Å². The molecule has 1 atom stereocenters. The molecule has 0 bridgehead atoms. The molecule has 2 aromatic rings. The van der Waals surface area contributed by atoms with Gasteiger partial charge in [0.15, 0.2) is 0 Å². The van der Waals surface area contributed by atoms with E-state index in [0.717, 1.165) is 16.8 Å². The molecule has 0 spiro atoms. The standard InChI is InChI=1S/C25H30FN3O3/c1-25(2,3)15-23(30)28(4)16-24(31)29-22(17-9-11-19(26)12-10-17)14-21(27-29)18-7-6-8-20(13-18)32-5/h6-13,22H,14-16H2,1-5H3/t22-/m0/s1. The van der Waals surface area contributed by atoms with Crippen LogP contribution >= 0.6 is 0 Å². The van der Waals surface area contributed by atoms with Gasteiger partial charge in [0.1, 0.15) is 18.1 Å². The van der Waals surface area contributed by atoms with Crippen LogP contribution in [0, 0.1) is 11.2 Å². The Morgan fingerprint density at radius 3 is 2.50 bits per heavy atom. The van der Waals surface area contributed by atoms with Gasteiger partial charge in [-0.25, -0.2) is 9.40 Å². The van der Waals surface area contributed by atoms with Crippen LogP contribution in [0.5, 0.6) is 5.75 Å². The monoisotopic (exact) mass is 439 g/mol. The lowest BCUT2D eigenvalue weighted by Gasteiger charge is -2.26. The number of hydrazone groups is 1. The van der Waals surface area contributed by atoms with Crippen molar-refractivity contribution in [2.75, 3.05) is 20.7 Å². The molecule has 0 N–H and O–H groups in total. The summed E-state index contributed by atoms with van der Waals surface area (Å²) < 4.78 is 18.8. The van der Waals surface area contributed by atoms with Gasteiger partial charge >= 0.3 is 0 Å². The van der Waals surface area contributed by atoms with Crippen LogP contribution in [0.2, 0.25) is 0 Å². The van der Waals surface area contributed by atoms with Crippen LogP contribution in [0.15, 0.2) is 53.6 Å². The molecule has 0 aromatic heterocycles. The maximum atomic E-state index is 13.5. The highest BCUT2D eigenvalue weighted by Crippen LogP contribution is 2.33. The van der Waals surface area contributed by atoms with Gasteiger partial charge in [-0.2, -0.15) is 5.10 Å². The minimum absolute atomic E-state index is 0.0818. The smallest absolute Gasteiger partial charge is 0.262 e. The average Bonchev–Trinajstić information content (AvgIpc) is 3.18. The van der Waals surface area contributed by atoms with Crippen molar-refractivity contribution < 1.29 is 18.7 Å². The molecule has 0 saturated heterocycles. The zero-order chi connectivity index (χ0) is 23.5. The van der Waals surface area contributed by atoms with E-state index in [4.69, 9.17) is 4.74 Å². The van der Waals surface area contributed by atoms with Crippen LogP contribution in [-0.4, -0.2) is 48.1 Å². The predicted octanol–water partition coefficient (Wildman–Crippen LogP) is 4.41. The van der Waals surface area contributed by atoms with E-state index in [2.05, 4.69) is 5.10 Å². The van der Waals surface area contributed by atoms with Crippen LogP contribution in [0.3, 0.4) is 0 Å². The van der Waals surface area contributed by atoms with Crippen molar-refractivity contribution in [3.8, 4) is 5.75 Å². The highest BCUT2D eigenvalue weighted by Gasteiger charge is 2.34. The van der Waals surface area contributed by atoms with E-state index in [1.54, 1.807) is 26.3 Å². The molecule has 0 fully saturated rings. The number of amides is 2. The first-order valence-corrected chi connectivity index (χ1v) is 10.6. The zero-order valence-electron chi connectivity index (χ0n) is 19.3. The largest absolute Gasteiger partial charge is 0.497 e. The molecular formula is C25H30FN3O3. The molecular weight excluding hydrogens is 409 g/mol. The van der Waals surface area contributed by atoms with Gasteiger partial charge in [0.05, 0.1) is 18.9 Å². The predicted molar refractivity (Wildman–Crippen MR) is 122 cm³/mol. The number of likely N-dealkylation sites (N-methyl/N-ethyl adjacent to an activating group) is 1. The van der Waals surface area contributed by atoms with Gasteiger partial charge in [-0.1, -0.05) is 45.0 Å². The molecule has 3 rings (SSSR count). The Balaban J connectivity index is 1.86. The molecule has 7 heteroatoms. The van der Waals surface area contributed by atoms with Crippen LogP contribution in [0.1, 0.15) is 50.8 Å². The second kappa shape index (κ2) is 9.51. The Hall–Kier alpha value is -3.22. The topological polar surface area (TPSA) is 62.2 Å². The third kappa shape index (κ3) is 5.72. The first-order valence-electron chi connectivity index (χ1n) is 10.6. The number of ether oxygens (including phenoxy) is 1. The Bertz CT molecular complexity index is 1010. The number of rotatable bonds is 6. The number of carbonyl (C=O) groups is 2. The fraction of sp³-hybridized carbons (Fsp3) is 0.400. The molecule has 0 unspecified atom stereocenters. The fourth-order valence-electron chi connectivity index (χ4n) is 3.61. The number of methoxy groups -OCH3 is 1. The Morgan fingerprint density at radius 1 is 1.19 bits per heavy atom. The normalized spacial score (nSPS) is 16.0. The van der Waals surface area contributed by atoms with Gasteiger partial charge in [0, 0.05) is 25.5 Å². The van der Waals surface area contributed by atoms with Gasteiger partial charge < -0.3 is 9.64 Å². The summed E-state index contributed by atoms with van der Waals surface area (Å²) in [6, 6.07) is 13.2. The number of nitrogens with zero attached hydrogens (tertiary/aromatic N) is 3. The quantitative estimate of drug-likeness (QED) is 0.670. The van der Waals surface area contributed by atoms with Crippen molar-refractivity contribution in [2.24, 2.45) is 10.5 Å². The highest BCUT2D eigenvalue weighted by molar-refractivity contribution is 6.03. The summed E-state index contributed by atoms with van der Waals surface area (Å²) in [7, 11) is 3.22. The maximum absolute atomic E-state index is 13.5. The fourth-order valence-corrected chi connectivity index (χ4v) is 3.61. The summed E-state index contributed by atoms with van der Waals surface area (Å²) in [5, 5.41) is 6.03. The molecule has 0 radical (unpaired) electrons. The van der Waals surface area contributed by atoms with E-state index in [0.29, 0.717) is 18.6 Å². The second-order valence-corrected chi connectivity index (χ2v) is 9.28. The number of hydrogen-bond donors (Lipinski definition) is 0. The minimum atomic E-state index is -0.379. The Kier molecular flexibility index (Phi) is 6.96.